The Hall–Kier alpha value is -4.11. The molecule has 3 aliphatic heterocycles. The molecule has 5 N–H and O–H groups in total. The van der Waals surface area contributed by atoms with Crippen molar-refractivity contribution in [1.29, 1.82) is 0 Å². The predicted octanol–water partition coefficient (Wildman–Crippen LogP) is 4.20. The number of nitrogens with zero attached hydrogens (tertiary/aromatic N) is 2. The summed E-state index contributed by atoms with van der Waals surface area (Å²) in [7, 11) is -3.06. The molecule has 1 saturated heterocycles. The topological polar surface area (TPSA) is 161 Å². The number of rotatable bonds is 15. The first kappa shape index (κ1) is 38.6. The Morgan fingerprint density at radius 3 is 2.55 bits per heavy atom. The molecular weight excluding hydrogens is 693 g/mol. The zero-order valence-electron chi connectivity index (χ0n) is 31.0. The normalized spacial score (nSPS) is 23.6. The summed E-state index contributed by atoms with van der Waals surface area (Å²) in [5.74, 6) is -0.568. The number of anilines is 3. The average Bonchev–Trinajstić information content (AvgIpc) is 3.58. The molecule has 6 rings (SSSR count). The predicted molar refractivity (Wildman–Crippen MR) is 204 cm³/mol. The molecule has 13 heteroatoms. The van der Waals surface area contributed by atoms with Gasteiger partial charge in [0.1, 0.15) is 5.75 Å². The molecule has 3 heterocycles. The van der Waals surface area contributed by atoms with Gasteiger partial charge in [0.25, 0.3) is 5.91 Å². The summed E-state index contributed by atoms with van der Waals surface area (Å²) in [6.45, 7) is 8.81. The fourth-order valence-corrected chi connectivity index (χ4v) is 11.0. The number of carbonyl (C=O) groups excluding carboxylic acids is 3. The Morgan fingerprint density at radius 1 is 1.08 bits per heavy atom. The van der Waals surface area contributed by atoms with Gasteiger partial charge in [-0.05, 0) is 93.4 Å². The first-order valence-electron chi connectivity index (χ1n) is 18.7. The third kappa shape index (κ3) is 7.64. The molecule has 1 unspecified atom stereocenters. The Bertz CT molecular complexity index is 1800. The van der Waals surface area contributed by atoms with Gasteiger partial charge in [0.2, 0.25) is 11.8 Å². The van der Waals surface area contributed by atoms with Gasteiger partial charge in [-0.25, -0.2) is 0 Å². The molecule has 0 saturated carbocycles. The van der Waals surface area contributed by atoms with Gasteiger partial charge in [-0.2, -0.15) is 0 Å². The van der Waals surface area contributed by atoms with Crippen molar-refractivity contribution < 1.29 is 38.9 Å². The van der Waals surface area contributed by atoms with E-state index in [1.807, 2.05) is 74.5 Å². The van der Waals surface area contributed by atoms with Crippen LogP contribution in [0, 0.1) is 5.92 Å². The standard InChI is InChI=1S/C40H52N4O8Si/c1-5-51-30-14-16-34-28(21-30)22-33(41-17-9-10-19-45)38(48)44(34)29-13-15-32-31(23-29)40(39(49)42-32)26(2)37(53(3,4)50)35(52-40)24-36(47)43(18-20-46)25-27-11-7-6-8-12-27/h6-8,11-16,21,23,26,33,35,37,41,45-46,50H,5,9-10,17-20,22,24-25H2,1-4H3,(H,42,49)/t26-,33?,35+,37-,40+/m1/s1. The number of unbranched alkanes of at least 4 members (excludes halogenated alkanes) is 1. The Balaban J connectivity index is 1.36. The van der Waals surface area contributed by atoms with Crippen LogP contribution in [0.15, 0.2) is 66.7 Å². The number of fused-ring (bicyclic) bond motifs is 3. The Labute approximate surface area is 312 Å². The maximum atomic E-state index is 14.3. The van der Waals surface area contributed by atoms with E-state index in [0.717, 1.165) is 17.5 Å². The van der Waals surface area contributed by atoms with E-state index < -0.39 is 37.5 Å². The van der Waals surface area contributed by atoms with Crippen LogP contribution in [0.3, 0.4) is 0 Å². The summed E-state index contributed by atoms with van der Waals surface area (Å²) in [5, 5.41) is 25.5. The highest BCUT2D eigenvalue weighted by Gasteiger charge is 2.65. The summed E-state index contributed by atoms with van der Waals surface area (Å²) >= 11 is 0. The van der Waals surface area contributed by atoms with Crippen LogP contribution < -0.4 is 20.3 Å². The van der Waals surface area contributed by atoms with Crippen molar-refractivity contribution in [1.82, 2.24) is 10.2 Å². The lowest BCUT2D eigenvalue weighted by Crippen LogP contribution is -2.49. The number of benzene rings is 3. The molecule has 1 fully saturated rings. The SMILES string of the molecule is CCOc1ccc2c(c1)CC(NCCCCO)C(=O)N2c1ccc2c(c1)[C@]1(O[C@@H](CC(=O)N(CCO)Cc3ccccc3)[C@H]([Si](C)(C)O)[C@H]1C)C(=O)N2. The van der Waals surface area contributed by atoms with Crippen molar-refractivity contribution >= 4 is 43.1 Å². The molecule has 0 aliphatic carbocycles. The second-order valence-corrected chi connectivity index (χ2v) is 18.8. The largest absolute Gasteiger partial charge is 0.494 e. The number of hydrogen-bond donors (Lipinski definition) is 5. The van der Waals surface area contributed by atoms with Gasteiger partial charge in [-0.3, -0.25) is 19.3 Å². The van der Waals surface area contributed by atoms with E-state index in [2.05, 4.69) is 10.6 Å². The number of carbonyl (C=O) groups is 3. The van der Waals surface area contributed by atoms with E-state index in [1.165, 1.54) is 0 Å². The molecule has 3 aromatic carbocycles. The fraction of sp³-hybridized carbons (Fsp3) is 0.475. The monoisotopic (exact) mass is 744 g/mol. The zero-order chi connectivity index (χ0) is 37.9. The van der Waals surface area contributed by atoms with Crippen molar-refractivity contribution in [3.05, 3.63) is 83.4 Å². The molecule has 0 bridgehead atoms. The van der Waals surface area contributed by atoms with Crippen LogP contribution in [0.25, 0.3) is 0 Å². The third-order valence-corrected chi connectivity index (χ3v) is 13.3. The van der Waals surface area contributed by atoms with Crippen molar-refractivity contribution in [3.8, 4) is 5.75 Å². The number of amides is 3. The van der Waals surface area contributed by atoms with Gasteiger partial charge in [-0.1, -0.05) is 37.3 Å². The quantitative estimate of drug-likeness (QED) is 0.114. The van der Waals surface area contributed by atoms with E-state index in [9.17, 15) is 29.4 Å². The van der Waals surface area contributed by atoms with Crippen LogP contribution in [0.4, 0.5) is 17.1 Å². The van der Waals surface area contributed by atoms with Gasteiger partial charge in [0.05, 0.1) is 37.5 Å². The number of aliphatic hydroxyl groups is 2. The third-order valence-electron chi connectivity index (χ3n) is 10.8. The lowest BCUT2D eigenvalue weighted by atomic mass is 9.82. The minimum absolute atomic E-state index is 0.0767. The molecule has 53 heavy (non-hydrogen) atoms. The smallest absolute Gasteiger partial charge is 0.261 e. The van der Waals surface area contributed by atoms with E-state index in [-0.39, 0.29) is 43.9 Å². The maximum Gasteiger partial charge on any atom is 0.261 e. The Kier molecular flexibility index (Phi) is 11.7. The molecule has 5 atom stereocenters. The molecule has 1 spiro atoms. The van der Waals surface area contributed by atoms with Crippen LogP contribution in [-0.4, -0.2) is 91.0 Å². The number of hydrogen-bond acceptors (Lipinski definition) is 9. The molecule has 3 aliphatic rings. The van der Waals surface area contributed by atoms with Crippen LogP contribution in [0.1, 0.15) is 49.8 Å². The van der Waals surface area contributed by atoms with Crippen molar-refractivity contribution in [2.45, 2.75) is 82.5 Å². The molecular formula is C40H52N4O8Si. The van der Waals surface area contributed by atoms with Gasteiger partial charge in [-0.15, -0.1) is 0 Å². The van der Waals surface area contributed by atoms with Crippen LogP contribution in [0.2, 0.25) is 18.6 Å². The first-order valence-corrected chi connectivity index (χ1v) is 21.7. The van der Waals surface area contributed by atoms with Crippen LogP contribution >= 0.6 is 0 Å². The maximum absolute atomic E-state index is 14.3. The van der Waals surface area contributed by atoms with Gasteiger partial charge < -0.3 is 40.0 Å². The van der Waals surface area contributed by atoms with E-state index in [1.54, 1.807) is 29.0 Å². The van der Waals surface area contributed by atoms with Gasteiger partial charge in [0.15, 0.2) is 13.9 Å². The minimum atomic E-state index is -3.06. The summed E-state index contributed by atoms with van der Waals surface area (Å²) in [4.78, 5) is 57.3. The lowest BCUT2D eigenvalue weighted by molar-refractivity contribution is -0.148. The molecule has 12 nitrogen and oxygen atoms in total. The molecule has 0 aromatic heterocycles. The minimum Gasteiger partial charge on any atom is -0.494 e. The first-order chi connectivity index (χ1) is 25.4. The Morgan fingerprint density at radius 2 is 1.85 bits per heavy atom. The summed E-state index contributed by atoms with van der Waals surface area (Å²) in [5.41, 5.74) is 2.23. The highest BCUT2D eigenvalue weighted by atomic mass is 28.4. The molecule has 284 valence electrons. The second-order valence-electron chi connectivity index (χ2n) is 14.8. The number of ether oxygens (including phenoxy) is 2. The molecule has 3 amide bonds. The number of aliphatic hydroxyl groups excluding tert-OH is 2. The van der Waals surface area contributed by atoms with Gasteiger partial charge >= 0.3 is 0 Å². The van der Waals surface area contributed by atoms with Crippen LogP contribution in [-0.2, 0) is 37.7 Å². The number of nitrogens with one attached hydrogen (secondary N) is 2. The molecule has 0 radical (unpaired) electrons. The fourth-order valence-electron chi connectivity index (χ4n) is 8.46. The van der Waals surface area contributed by atoms with E-state index >= 15 is 0 Å². The summed E-state index contributed by atoms with van der Waals surface area (Å²) < 4.78 is 12.6. The van der Waals surface area contributed by atoms with Crippen molar-refractivity contribution in [2.24, 2.45) is 5.92 Å². The molecule has 3 aromatic rings. The second kappa shape index (κ2) is 16.1. The van der Waals surface area contributed by atoms with Gasteiger partial charge in [0, 0.05) is 48.1 Å². The average molecular weight is 745 g/mol. The summed E-state index contributed by atoms with van der Waals surface area (Å²) in [6, 6.07) is 20.1. The summed E-state index contributed by atoms with van der Waals surface area (Å²) in [6.07, 6.45) is 0.957. The van der Waals surface area contributed by atoms with E-state index in [0.29, 0.717) is 60.9 Å². The van der Waals surface area contributed by atoms with E-state index in [4.69, 9.17) is 9.47 Å². The highest BCUT2D eigenvalue weighted by Crippen LogP contribution is 2.59. The highest BCUT2D eigenvalue weighted by molar-refractivity contribution is 6.71. The van der Waals surface area contributed by atoms with Crippen LogP contribution in [0.5, 0.6) is 5.75 Å². The zero-order valence-corrected chi connectivity index (χ0v) is 32.0. The lowest BCUT2D eigenvalue weighted by Gasteiger charge is -2.36. The van der Waals surface area contributed by atoms with Crippen molar-refractivity contribution in [3.63, 3.8) is 0 Å². The van der Waals surface area contributed by atoms with Crippen molar-refractivity contribution in [2.75, 3.05) is 43.1 Å².